The highest BCUT2D eigenvalue weighted by Gasteiger charge is 2.44. The molecule has 0 aromatic carbocycles. The van der Waals surface area contributed by atoms with Gasteiger partial charge in [-0.15, -0.1) is 0 Å². The maximum absolute atomic E-state index is 13.0. The number of allylic oxidation sites excluding steroid dienone is 21. The molecule has 384 valence electrons. The van der Waals surface area contributed by atoms with Crippen LogP contribution in [-0.2, 0) is 14.3 Å². The average molecular weight is 946 g/mol. The summed E-state index contributed by atoms with van der Waals surface area (Å²) in [6, 6.07) is -0.841. The van der Waals surface area contributed by atoms with Gasteiger partial charge >= 0.3 is 0 Å². The molecule has 1 amide bonds. The van der Waals surface area contributed by atoms with Gasteiger partial charge in [0.25, 0.3) is 0 Å². The number of ether oxygens (including phenoxy) is 2. The van der Waals surface area contributed by atoms with Gasteiger partial charge in [-0.1, -0.05) is 199 Å². The number of nitrogens with one attached hydrogen (secondary N) is 1. The van der Waals surface area contributed by atoms with Crippen molar-refractivity contribution < 1.29 is 39.8 Å². The topological polar surface area (TPSA) is 149 Å². The minimum atomic E-state index is -1.58. The molecule has 0 saturated carbocycles. The van der Waals surface area contributed by atoms with Crippen molar-refractivity contribution in [1.29, 1.82) is 0 Å². The zero-order valence-electron chi connectivity index (χ0n) is 42.3. The van der Waals surface area contributed by atoms with E-state index in [1.807, 2.05) is 6.08 Å². The first-order chi connectivity index (χ1) is 33.3. The molecular weight excluding hydrogens is 851 g/mol. The number of carbonyl (C=O) groups is 1. The molecule has 7 atom stereocenters. The van der Waals surface area contributed by atoms with E-state index in [0.29, 0.717) is 6.42 Å². The Balaban J connectivity index is 2.26. The highest BCUT2D eigenvalue weighted by molar-refractivity contribution is 5.76. The minimum Gasteiger partial charge on any atom is -0.394 e. The molecule has 1 rings (SSSR count). The third-order valence-corrected chi connectivity index (χ3v) is 11.5. The molecule has 9 heteroatoms. The summed E-state index contributed by atoms with van der Waals surface area (Å²) in [5.74, 6) is -0.214. The fraction of sp³-hybridized carbons (Fsp3) is 0.610. The van der Waals surface area contributed by atoms with Crippen LogP contribution in [0.3, 0.4) is 0 Å². The van der Waals surface area contributed by atoms with Crippen molar-refractivity contribution in [2.75, 3.05) is 13.2 Å². The van der Waals surface area contributed by atoms with Crippen LogP contribution in [0, 0.1) is 0 Å². The van der Waals surface area contributed by atoms with E-state index < -0.39 is 49.5 Å². The highest BCUT2D eigenvalue weighted by atomic mass is 16.7. The van der Waals surface area contributed by atoms with E-state index in [1.54, 1.807) is 6.08 Å². The zero-order valence-corrected chi connectivity index (χ0v) is 42.3. The van der Waals surface area contributed by atoms with E-state index in [0.717, 1.165) is 116 Å². The summed E-state index contributed by atoms with van der Waals surface area (Å²) in [5.41, 5.74) is 0. The lowest BCUT2D eigenvalue weighted by molar-refractivity contribution is -0.302. The van der Waals surface area contributed by atoms with Crippen molar-refractivity contribution in [3.63, 3.8) is 0 Å². The van der Waals surface area contributed by atoms with Crippen LogP contribution in [0.4, 0.5) is 0 Å². The first-order valence-electron chi connectivity index (χ1n) is 26.4. The van der Waals surface area contributed by atoms with Crippen LogP contribution in [0.15, 0.2) is 134 Å². The predicted octanol–water partition coefficient (Wildman–Crippen LogP) is 12.6. The molecule has 0 aromatic heterocycles. The molecular formula is C59H95NO8. The SMILES string of the molecule is CC/C=C\C/C=C\C/C=C\C/C=C\C/C=C\C/C=C\C/C=C\C/C=C\C/C=C\CCCCCCCC(=O)NC(COC1OC(CO)C(O)C(O)C1O)C(O)/C=C/CC/C=C/CCCCCCCC. The highest BCUT2D eigenvalue weighted by Crippen LogP contribution is 2.22. The van der Waals surface area contributed by atoms with Crippen molar-refractivity contribution in [2.24, 2.45) is 0 Å². The lowest BCUT2D eigenvalue weighted by atomic mass is 9.99. The number of hydrogen-bond donors (Lipinski definition) is 6. The van der Waals surface area contributed by atoms with Gasteiger partial charge < -0.3 is 40.3 Å². The van der Waals surface area contributed by atoms with E-state index in [-0.39, 0.29) is 12.5 Å². The summed E-state index contributed by atoms with van der Waals surface area (Å²) < 4.78 is 11.2. The van der Waals surface area contributed by atoms with E-state index in [1.165, 1.54) is 38.5 Å². The third kappa shape index (κ3) is 36.3. The Morgan fingerprint density at radius 3 is 1.41 bits per heavy atom. The molecule has 0 bridgehead atoms. The number of unbranched alkanes of at least 4 members (excludes halogenated alkanes) is 12. The van der Waals surface area contributed by atoms with Gasteiger partial charge in [-0.3, -0.25) is 4.79 Å². The fourth-order valence-electron chi connectivity index (χ4n) is 7.28. The van der Waals surface area contributed by atoms with E-state index in [9.17, 15) is 30.3 Å². The fourth-order valence-corrected chi connectivity index (χ4v) is 7.28. The van der Waals surface area contributed by atoms with Crippen molar-refractivity contribution in [2.45, 2.75) is 217 Å². The van der Waals surface area contributed by atoms with Gasteiger partial charge in [-0.25, -0.2) is 0 Å². The second-order valence-electron chi connectivity index (χ2n) is 17.6. The standard InChI is InChI=1S/C59H95NO8/c1-3-5-7-9-11-13-15-17-18-19-20-21-22-23-24-25-26-27-28-29-30-31-32-33-34-35-36-37-39-41-43-45-47-49-55(63)60-52(51-67-59-58(66)57(65)56(64)54(50-61)68-59)53(62)48-46-44-42-40-38-16-14-12-10-8-6-4-2/h5,7,11,13,17-18,20-21,23-24,26-27,29-30,32-33,35-36,38,40,46,48,52-54,56-59,61-62,64-66H,3-4,6,8-10,12,14-16,19,22,25,28,31,34,37,39,41-45,47,49-51H2,1-2H3,(H,60,63)/b7-5-,13-11-,18-17-,21-20-,24-23-,27-26-,30-29-,33-32-,36-35-,40-38+,48-46+. The summed E-state index contributed by atoms with van der Waals surface area (Å²) in [6.07, 6.45) is 65.1. The van der Waals surface area contributed by atoms with Gasteiger partial charge in [0.05, 0.1) is 25.4 Å². The van der Waals surface area contributed by atoms with Crippen molar-refractivity contribution in [3.8, 4) is 0 Å². The molecule has 1 heterocycles. The largest absolute Gasteiger partial charge is 0.394 e. The second kappa shape index (κ2) is 47.0. The van der Waals surface area contributed by atoms with Crippen LogP contribution in [0.2, 0.25) is 0 Å². The summed E-state index contributed by atoms with van der Waals surface area (Å²) in [7, 11) is 0. The molecule has 1 aliphatic rings. The number of rotatable bonds is 42. The first kappa shape index (κ1) is 62.3. The molecule has 9 nitrogen and oxygen atoms in total. The van der Waals surface area contributed by atoms with Crippen LogP contribution in [0.5, 0.6) is 0 Å². The Bertz CT molecular complexity index is 1520. The normalized spacial score (nSPS) is 20.7. The molecule has 1 fully saturated rings. The number of hydrogen-bond acceptors (Lipinski definition) is 8. The summed E-state index contributed by atoms with van der Waals surface area (Å²) >= 11 is 0. The molecule has 7 unspecified atom stereocenters. The maximum atomic E-state index is 13.0. The lowest BCUT2D eigenvalue weighted by Gasteiger charge is -2.40. The Labute approximate surface area is 413 Å². The van der Waals surface area contributed by atoms with Gasteiger partial charge in [0.1, 0.15) is 24.4 Å². The monoisotopic (exact) mass is 946 g/mol. The van der Waals surface area contributed by atoms with Crippen LogP contribution >= 0.6 is 0 Å². The lowest BCUT2D eigenvalue weighted by Crippen LogP contribution is -2.60. The third-order valence-electron chi connectivity index (χ3n) is 11.5. The molecule has 6 N–H and O–H groups in total. The average Bonchev–Trinajstić information content (AvgIpc) is 3.34. The van der Waals surface area contributed by atoms with Gasteiger partial charge in [-0.05, 0) is 103 Å². The van der Waals surface area contributed by atoms with E-state index in [4.69, 9.17) is 9.47 Å². The quantitative estimate of drug-likeness (QED) is 0.0262. The Kier molecular flexibility index (Phi) is 43.1. The number of amides is 1. The van der Waals surface area contributed by atoms with Crippen LogP contribution in [0.1, 0.15) is 174 Å². The molecule has 0 spiro atoms. The van der Waals surface area contributed by atoms with Gasteiger partial charge in [0, 0.05) is 6.42 Å². The number of carbonyl (C=O) groups excluding carboxylic acids is 1. The molecule has 1 saturated heterocycles. The van der Waals surface area contributed by atoms with Gasteiger partial charge in [0.15, 0.2) is 6.29 Å². The molecule has 0 aliphatic carbocycles. The predicted molar refractivity (Wildman–Crippen MR) is 285 cm³/mol. The Morgan fingerprint density at radius 2 is 0.926 bits per heavy atom. The summed E-state index contributed by atoms with van der Waals surface area (Å²) in [5, 5.41) is 54.2. The second-order valence-corrected chi connectivity index (χ2v) is 17.6. The molecule has 1 aliphatic heterocycles. The van der Waals surface area contributed by atoms with Crippen molar-refractivity contribution in [3.05, 3.63) is 134 Å². The van der Waals surface area contributed by atoms with Crippen LogP contribution < -0.4 is 5.32 Å². The van der Waals surface area contributed by atoms with Gasteiger partial charge in [0.2, 0.25) is 5.91 Å². The Morgan fingerprint density at radius 1 is 0.515 bits per heavy atom. The van der Waals surface area contributed by atoms with E-state index >= 15 is 0 Å². The summed E-state index contributed by atoms with van der Waals surface area (Å²) in [4.78, 5) is 13.0. The van der Waals surface area contributed by atoms with Gasteiger partial charge in [-0.2, -0.15) is 0 Å². The number of aliphatic hydroxyl groups excluding tert-OH is 5. The van der Waals surface area contributed by atoms with Crippen molar-refractivity contribution in [1.82, 2.24) is 5.32 Å². The molecule has 0 aromatic rings. The number of aliphatic hydroxyl groups is 5. The van der Waals surface area contributed by atoms with Crippen LogP contribution in [-0.4, -0.2) is 87.5 Å². The summed E-state index contributed by atoms with van der Waals surface area (Å²) in [6.45, 7) is 3.59. The maximum Gasteiger partial charge on any atom is 0.220 e. The molecule has 68 heavy (non-hydrogen) atoms. The smallest absolute Gasteiger partial charge is 0.220 e. The van der Waals surface area contributed by atoms with Crippen LogP contribution in [0.25, 0.3) is 0 Å². The van der Waals surface area contributed by atoms with Crippen molar-refractivity contribution >= 4 is 5.91 Å². The zero-order chi connectivity index (χ0) is 49.4. The Hall–Kier alpha value is -3.67. The molecule has 0 radical (unpaired) electrons. The first-order valence-corrected chi connectivity index (χ1v) is 26.4. The minimum absolute atomic E-state index is 0.214. The van der Waals surface area contributed by atoms with E-state index in [2.05, 4.69) is 141 Å².